The molecular weight excluding hydrogens is 364 g/mol. The van der Waals surface area contributed by atoms with Gasteiger partial charge in [0.1, 0.15) is 13.2 Å². The Morgan fingerprint density at radius 2 is 1.83 bits per heavy atom. The van der Waals surface area contributed by atoms with Crippen LogP contribution in [0.2, 0.25) is 0 Å². The van der Waals surface area contributed by atoms with E-state index in [2.05, 4.69) is 29.3 Å². The quantitative estimate of drug-likeness (QED) is 0.795. The molecule has 5 nitrogen and oxygen atoms in total. The number of ether oxygens (including phenoxy) is 2. The van der Waals surface area contributed by atoms with Gasteiger partial charge in [-0.1, -0.05) is 25.1 Å². The van der Waals surface area contributed by atoms with Crippen molar-refractivity contribution < 1.29 is 14.3 Å². The molecule has 0 bridgehead atoms. The summed E-state index contributed by atoms with van der Waals surface area (Å²) in [6.07, 6.45) is 3.74. The molecule has 5 heteroatoms. The molecule has 2 heterocycles. The van der Waals surface area contributed by atoms with Crippen LogP contribution in [-0.2, 0) is 17.8 Å². The maximum absolute atomic E-state index is 12.3. The highest BCUT2D eigenvalue weighted by Crippen LogP contribution is 2.31. The average molecular weight is 395 g/mol. The Morgan fingerprint density at radius 1 is 1.07 bits per heavy atom. The van der Waals surface area contributed by atoms with E-state index < -0.39 is 0 Å². The Kier molecular flexibility index (Phi) is 6.35. The van der Waals surface area contributed by atoms with Crippen LogP contribution < -0.4 is 14.8 Å². The van der Waals surface area contributed by atoms with Gasteiger partial charge >= 0.3 is 0 Å². The van der Waals surface area contributed by atoms with Crippen LogP contribution in [0.4, 0.5) is 5.69 Å². The van der Waals surface area contributed by atoms with Crippen LogP contribution in [-0.4, -0.2) is 37.1 Å². The van der Waals surface area contributed by atoms with Gasteiger partial charge in [0.25, 0.3) is 0 Å². The van der Waals surface area contributed by atoms with E-state index in [1.165, 1.54) is 31.5 Å². The van der Waals surface area contributed by atoms with E-state index in [1.54, 1.807) is 0 Å². The predicted octanol–water partition coefficient (Wildman–Crippen LogP) is 4.26. The minimum atomic E-state index is 0.0255. The first-order chi connectivity index (χ1) is 14.2. The van der Waals surface area contributed by atoms with Crippen LogP contribution in [0.15, 0.2) is 42.5 Å². The zero-order valence-corrected chi connectivity index (χ0v) is 17.2. The number of amides is 1. The molecule has 0 aromatic heterocycles. The summed E-state index contributed by atoms with van der Waals surface area (Å²) in [6, 6.07) is 14.1. The molecule has 1 amide bonds. The van der Waals surface area contributed by atoms with Crippen LogP contribution in [0.1, 0.15) is 37.3 Å². The summed E-state index contributed by atoms with van der Waals surface area (Å²) in [6.45, 7) is 6.84. The van der Waals surface area contributed by atoms with Crippen molar-refractivity contribution in [3.8, 4) is 11.5 Å². The Bertz CT molecular complexity index is 835. The van der Waals surface area contributed by atoms with Gasteiger partial charge in [-0.05, 0) is 67.1 Å². The Labute approximate surface area is 173 Å². The highest BCUT2D eigenvalue weighted by atomic mass is 16.6. The summed E-state index contributed by atoms with van der Waals surface area (Å²) < 4.78 is 11.1. The molecule has 154 valence electrons. The number of carbonyl (C=O) groups excluding carboxylic acids is 1. The van der Waals surface area contributed by atoms with E-state index in [0.29, 0.717) is 26.1 Å². The number of anilines is 1. The van der Waals surface area contributed by atoms with Crippen LogP contribution in [0.3, 0.4) is 0 Å². The van der Waals surface area contributed by atoms with E-state index >= 15 is 0 Å². The van der Waals surface area contributed by atoms with E-state index in [-0.39, 0.29) is 5.91 Å². The highest BCUT2D eigenvalue weighted by Gasteiger charge is 2.16. The molecule has 1 saturated heterocycles. The molecular formula is C24H30N2O3. The fourth-order valence-corrected chi connectivity index (χ4v) is 4.11. The van der Waals surface area contributed by atoms with E-state index in [0.717, 1.165) is 35.2 Å². The van der Waals surface area contributed by atoms with Gasteiger partial charge < -0.3 is 14.8 Å². The third kappa shape index (κ3) is 5.51. The van der Waals surface area contributed by atoms with Gasteiger partial charge in [-0.2, -0.15) is 0 Å². The van der Waals surface area contributed by atoms with Crippen molar-refractivity contribution in [3.63, 3.8) is 0 Å². The lowest BCUT2D eigenvalue weighted by Crippen LogP contribution is -2.33. The maximum Gasteiger partial charge on any atom is 0.224 e. The fraction of sp³-hybridized carbons (Fsp3) is 0.458. The summed E-state index contributed by atoms with van der Waals surface area (Å²) in [4.78, 5) is 14.9. The topological polar surface area (TPSA) is 50.8 Å². The Balaban J connectivity index is 1.25. The second-order valence-electron chi connectivity index (χ2n) is 8.21. The smallest absolute Gasteiger partial charge is 0.224 e. The minimum absolute atomic E-state index is 0.0255. The lowest BCUT2D eigenvalue weighted by atomic mass is 10.00. The number of aryl methyl sites for hydroxylation is 1. The number of fused-ring (bicyclic) bond motifs is 1. The first kappa shape index (κ1) is 19.8. The van der Waals surface area contributed by atoms with Crippen molar-refractivity contribution in [2.75, 3.05) is 31.6 Å². The number of hydrogen-bond donors (Lipinski definition) is 1. The van der Waals surface area contributed by atoms with Gasteiger partial charge in [0.15, 0.2) is 11.5 Å². The number of likely N-dealkylation sites (tertiary alicyclic amines) is 1. The average Bonchev–Trinajstić information content (AvgIpc) is 2.73. The number of benzene rings is 2. The summed E-state index contributed by atoms with van der Waals surface area (Å²) >= 11 is 0. The maximum atomic E-state index is 12.3. The lowest BCUT2D eigenvalue weighted by Gasteiger charge is -2.30. The Hall–Kier alpha value is -2.53. The minimum Gasteiger partial charge on any atom is -0.486 e. The number of nitrogens with one attached hydrogen (secondary N) is 1. The first-order valence-corrected chi connectivity index (χ1v) is 10.7. The van der Waals surface area contributed by atoms with Crippen LogP contribution in [0.5, 0.6) is 11.5 Å². The summed E-state index contributed by atoms with van der Waals surface area (Å²) in [7, 11) is 0. The molecule has 29 heavy (non-hydrogen) atoms. The molecule has 0 spiro atoms. The van der Waals surface area contributed by atoms with Gasteiger partial charge in [0.05, 0.1) is 0 Å². The molecule has 2 aromatic carbocycles. The summed E-state index contributed by atoms with van der Waals surface area (Å²) in [5.41, 5.74) is 3.23. The van der Waals surface area contributed by atoms with E-state index in [4.69, 9.17) is 9.47 Å². The van der Waals surface area contributed by atoms with Crippen LogP contribution in [0, 0.1) is 5.92 Å². The molecule has 2 aliphatic heterocycles. The van der Waals surface area contributed by atoms with Gasteiger partial charge in [-0.25, -0.2) is 0 Å². The van der Waals surface area contributed by atoms with E-state index in [9.17, 15) is 4.79 Å². The monoisotopic (exact) mass is 394 g/mol. The second kappa shape index (κ2) is 9.31. The molecule has 4 rings (SSSR count). The first-order valence-electron chi connectivity index (χ1n) is 10.7. The zero-order valence-electron chi connectivity index (χ0n) is 17.2. The lowest BCUT2D eigenvalue weighted by molar-refractivity contribution is -0.116. The van der Waals surface area contributed by atoms with Crippen molar-refractivity contribution in [2.45, 2.75) is 39.2 Å². The molecule has 2 aliphatic rings. The van der Waals surface area contributed by atoms with Crippen molar-refractivity contribution in [3.05, 3.63) is 53.6 Å². The van der Waals surface area contributed by atoms with Gasteiger partial charge in [0.2, 0.25) is 5.91 Å². The van der Waals surface area contributed by atoms with Crippen molar-refractivity contribution in [1.29, 1.82) is 0 Å². The fourth-order valence-electron chi connectivity index (χ4n) is 4.11. The number of carbonyl (C=O) groups is 1. The molecule has 1 atom stereocenters. The normalized spacial score (nSPS) is 19.0. The molecule has 1 fully saturated rings. The predicted molar refractivity (Wildman–Crippen MR) is 114 cm³/mol. The van der Waals surface area contributed by atoms with Crippen molar-refractivity contribution in [1.82, 2.24) is 4.90 Å². The third-order valence-corrected chi connectivity index (χ3v) is 5.63. The number of hydrogen-bond acceptors (Lipinski definition) is 4. The largest absolute Gasteiger partial charge is 0.486 e. The molecule has 0 radical (unpaired) electrons. The van der Waals surface area contributed by atoms with Crippen molar-refractivity contribution in [2.24, 2.45) is 5.92 Å². The number of nitrogens with zero attached hydrogens (tertiary/aromatic N) is 1. The molecule has 2 aromatic rings. The molecule has 0 saturated carbocycles. The molecule has 0 aliphatic carbocycles. The third-order valence-electron chi connectivity index (χ3n) is 5.63. The highest BCUT2D eigenvalue weighted by molar-refractivity contribution is 5.90. The van der Waals surface area contributed by atoms with E-state index in [1.807, 2.05) is 30.3 Å². The number of rotatable bonds is 6. The SMILES string of the molecule is CC1CCCN(Cc2ccc(NC(=O)CCc3ccc4c(c3)OCCO4)cc2)C1. The van der Waals surface area contributed by atoms with Gasteiger partial charge in [-0.15, -0.1) is 0 Å². The summed E-state index contributed by atoms with van der Waals surface area (Å²) in [5, 5.41) is 3.00. The number of piperidine rings is 1. The second-order valence-corrected chi connectivity index (χ2v) is 8.21. The standard InChI is InChI=1S/C24H30N2O3/c1-18-3-2-12-26(16-18)17-20-4-8-21(9-5-20)25-24(27)11-7-19-6-10-22-23(15-19)29-14-13-28-22/h4-6,8-10,15,18H,2-3,7,11-14,16-17H2,1H3,(H,25,27). The van der Waals surface area contributed by atoms with Gasteiger partial charge in [0, 0.05) is 25.2 Å². The zero-order chi connectivity index (χ0) is 20.1. The van der Waals surface area contributed by atoms with Crippen molar-refractivity contribution >= 4 is 11.6 Å². The van der Waals surface area contributed by atoms with Crippen LogP contribution >= 0.6 is 0 Å². The van der Waals surface area contributed by atoms with Crippen LogP contribution in [0.25, 0.3) is 0 Å². The Morgan fingerprint density at radius 3 is 2.62 bits per heavy atom. The molecule has 1 N–H and O–H groups in total. The summed E-state index contributed by atoms with van der Waals surface area (Å²) in [5.74, 6) is 2.37. The molecule has 1 unspecified atom stereocenters. The van der Waals surface area contributed by atoms with Gasteiger partial charge in [-0.3, -0.25) is 9.69 Å².